The Morgan fingerprint density at radius 2 is 0.945 bits per heavy atom. The van der Waals surface area contributed by atoms with Gasteiger partial charge in [-0.1, -0.05) is 61.6 Å². The van der Waals surface area contributed by atoms with E-state index < -0.39 is 42.7 Å². The fourth-order valence-electron chi connectivity index (χ4n) is 5.02. The predicted octanol–water partition coefficient (Wildman–Crippen LogP) is 4.78. The van der Waals surface area contributed by atoms with Crippen LogP contribution in [0.1, 0.15) is 23.9 Å². The van der Waals surface area contributed by atoms with Crippen molar-refractivity contribution >= 4 is 42.8 Å². The average molecular weight is 826 g/mol. The molecular formula is C34H33CrN10O8S2-. The van der Waals surface area contributed by atoms with Crippen LogP contribution in [-0.4, -0.2) is 46.6 Å². The summed E-state index contributed by atoms with van der Waals surface area (Å²) >= 11 is 0. The zero-order chi connectivity index (χ0) is 39.5. The van der Waals surface area contributed by atoms with Crippen molar-refractivity contribution in [1.82, 2.24) is 19.6 Å². The van der Waals surface area contributed by atoms with Gasteiger partial charge in [0.25, 0.3) is 0 Å². The van der Waals surface area contributed by atoms with Gasteiger partial charge in [-0.05, 0) is 61.4 Å². The number of para-hydroxylation sites is 2. The summed E-state index contributed by atoms with van der Waals surface area (Å²) in [4.78, 5) is 24.7. The van der Waals surface area contributed by atoms with E-state index in [1.165, 1.54) is 35.3 Å². The molecule has 2 heterocycles. The molecule has 2 aromatic heterocycles. The molecule has 21 heteroatoms. The van der Waals surface area contributed by atoms with Crippen LogP contribution in [0.4, 0.5) is 22.7 Å². The molecule has 0 spiro atoms. The summed E-state index contributed by atoms with van der Waals surface area (Å²) in [6.45, 7) is 6.25. The van der Waals surface area contributed by atoms with Crippen molar-refractivity contribution in [1.29, 1.82) is 0 Å². The molecule has 4 aromatic carbocycles. The Labute approximate surface area is 326 Å². The van der Waals surface area contributed by atoms with Crippen LogP contribution in [0, 0.1) is 27.7 Å². The van der Waals surface area contributed by atoms with Crippen molar-refractivity contribution in [3.63, 3.8) is 0 Å². The number of phenols is 2. The Hall–Kier alpha value is -5.95. The molecule has 55 heavy (non-hydrogen) atoms. The van der Waals surface area contributed by atoms with Crippen molar-refractivity contribution < 1.29 is 45.8 Å². The maximum Gasteiger partial charge on any atom is 1.00 e. The van der Waals surface area contributed by atoms with Crippen LogP contribution in [-0.2, 0) is 37.4 Å². The zero-order valence-corrected chi connectivity index (χ0v) is 32.3. The molecule has 6 aromatic rings. The van der Waals surface area contributed by atoms with E-state index in [2.05, 4.69) is 30.7 Å². The summed E-state index contributed by atoms with van der Waals surface area (Å²) in [5.74, 6) is -0.845. The molecule has 0 aliphatic rings. The second-order valence-electron chi connectivity index (χ2n) is 11.7. The van der Waals surface area contributed by atoms with E-state index in [1.807, 2.05) is 12.1 Å². The molecule has 0 saturated heterocycles. The smallest absolute Gasteiger partial charge is 0.506 e. The van der Waals surface area contributed by atoms with Gasteiger partial charge in [0.15, 0.2) is 0 Å². The number of rotatable bonds is 8. The standard InChI is InChI=1S/2C17H16N5O4S.Cr/c2*1-10-8-13(14(23)9-15(10)27(18,25)26)19-20-16-11(2)21-22(17(16)24)12-6-4-3-5-7-12;/h2*3-9,23H,1-2H3,(H2,18,25,26);/q2*-1;/p+1. The summed E-state index contributed by atoms with van der Waals surface area (Å²) in [6, 6.07) is 22.3. The fraction of sp³-hybridized carbons (Fsp3) is 0.118. The number of nitrogens with two attached hydrogens (primary N) is 2. The third-order valence-corrected chi connectivity index (χ3v) is 9.76. The fourth-order valence-corrected chi connectivity index (χ4v) is 6.59. The summed E-state index contributed by atoms with van der Waals surface area (Å²) < 4.78 is 48.3. The van der Waals surface area contributed by atoms with Crippen molar-refractivity contribution in [2.24, 2.45) is 30.7 Å². The topological polar surface area (TPSA) is 280 Å². The van der Waals surface area contributed by atoms with Crippen molar-refractivity contribution in [3.05, 3.63) is 128 Å². The van der Waals surface area contributed by atoms with Crippen molar-refractivity contribution in [2.45, 2.75) is 37.5 Å². The Bertz CT molecular complexity index is 2590. The number of hydrogen-bond donors (Lipinski definition) is 4. The minimum Gasteiger partial charge on any atom is -0.506 e. The molecular weight excluding hydrogens is 793 g/mol. The van der Waals surface area contributed by atoms with Crippen molar-refractivity contribution in [3.8, 4) is 22.9 Å². The van der Waals surface area contributed by atoms with Crippen LogP contribution in [0.5, 0.6) is 11.5 Å². The Morgan fingerprint density at radius 1 is 0.618 bits per heavy atom. The maximum absolute atomic E-state index is 12.5. The van der Waals surface area contributed by atoms with Gasteiger partial charge in [0.2, 0.25) is 20.0 Å². The van der Waals surface area contributed by atoms with Gasteiger partial charge < -0.3 is 30.0 Å². The van der Waals surface area contributed by atoms with Crippen molar-refractivity contribution in [2.75, 3.05) is 0 Å². The first kappa shape index (κ1) is 41.8. The van der Waals surface area contributed by atoms with Crippen LogP contribution in [0.2, 0.25) is 0 Å². The molecule has 0 amide bonds. The zero-order valence-electron chi connectivity index (χ0n) is 30.4. The second-order valence-corrected chi connectivity index (χ2v) is 14.7. The number of hydrogen-bond acceptors (Lipinski definition) is 14. The molecule has 0 saturated carbocycles. The second kappa shape index (κ2) is 16.6. The molecule has 286 valence electrons. The first-order valence-electron chi connectivity index (χ1n) is 15.6. The third kappa shape index (κ3) is 9.41. The number of aromatic hydroxyl groups is 2. The van der Waals surface area contributed by atoms with E-state index in [0.29, 0.717) is 33.9 Å². The minimum atomic E-state index is -3.98. The van der Waals surface area contributed by atoms with E-state index in [0.717, 1.165) is 12.1 Å². The number of sulfonamides is 2. The molecule has 6 rings (SSSR count). The number of azo groups is 2. The number of phenolic OH excluding ortho intramolecular Hbond substituents is 2. The van der Waals surface area contributed by atoms with Gasteiger partial charge in [0.05, 0.1) is 21.2 Å². The Morgan fingerprint density at radius 3 is 1.25 bits per heavy atom. The van der Waals surface area contributed by atoms with Crippen LogP contribution in [0.3, 0.4) is 0 Å². The number of aromatic nitrogens is 4. The van der Waals surface area contributed by atoms with Crippen LogP contribution >= 0.6 is 0 Å². The van der Waals surface area contributed by atoms with Gasteiger partial charge in [0.1, 0.15) is 34.0 Å². The van der Waals surface area contributed by atoms with Gasteiger partial charge >= 0.3 is 1.43 Å². The van der Waals surface area contributed by atoms with Crippen LogP contribution in [0.15, 0.2) is 125 Å². The summed E-state index contributed by atoms with van der Waals surface area (Å²) in [5.41, 5.74) is 1.63. The molecule has 0 atom stereocenters. The molecule has 0 bridgehead atoms. The van der Waals surface area contributed by atoms with Crippen LogP contribution < -0.4 is 21.4 Å². The third-order valence-electron chi connectivity index (χ3n) is 7.65. The maximum atomic E-state index is 12.5. The average Bonchev–Trinajstić information content (AvgIpc) is 3.57. The largest absolute Gasteiger partial charge is 1.00 e. The summed E-state index contributed by atoms with van der Waals surface area (Å²) in [7, 11) is -7.95. The number of benzene rings is 4. The van der Waals surface area contributed by atoms with Gasteiger partial charge in [-0.25, -0.2) is 46.7 Å². The molecule has 0 radical (unpaired) electrons. The van der Waals surface area contributed by atoms with E-state index in [-0.39, 0.29) is 51.3 Å². The Balaban J connectivity index is 0.000000290. The van der Waals surface area contributed by atoms with Gasteiger partial charge in [-0.3, -0.25) is 0 Å². The molecule has 0 unspecified atom stereocenters. The van der Waals surface area contributed by atoms with E-state index in [9.17, 15) is 36.6 Å². The van der Waals surface area contributed by atoms with Crippen LogP contribution in [0.25, 0.3) is 11.4 Å². The number of aryl methyl sites for hydroxylation is 4. The van der Waals surface area contributed by atoms with Gasteiger partial charge in [-0.2, -0.15) is 10.2 Å². The number of primary sulfonamides is 2. The monoisotopic (exact) mass is 825 g/mol. The summed E-state index contributed by atoms with van der Waals surface area (Å²) in [6.07, 6.45) is 0. The minimum absolute atomic E-state index is 0. The molecule has 0 aliphatic carbocycles. The van der Waals surface area contributed by atoms with E-state index in [1.54, 1.807) is 62.4 Å². The first-order valence-corrected chi connectivity index (χ1v) is 18.7. The number of nitrogens with zero attached hydrogens (tertiary/aromatic N) is 8. The summed E-state index contributed by atoms with van der Waals surface area (Å²) in [5, 5.41) is 54.1. The molecule has 18 nitrogen and oxygen atoms in total. The van der Waals surface area contributed by atoms with E-state index >= 15 is 0 Å². The molecule has 0 aliphatic heterocycles. The normalized spacial score (nSPS) is 11.7. The molecule has 6 N–H and O–H groups in total. The first-order chi connectivity index (χ1) is 25.4. The predicted molar refractivity (Wildman–Crippen MR) is 198 cm³/mol. The quantitative estimate of drug-likeness (QED) is 0.120. The van der Waals surface area contributed by atoms with E-state index in [4.69, 9.17) is 10.3 Å². The van der Waals surface area contributed by atoms with Gasteiger partial charge in [-0.15, -0.1) is 11.4 Å². The Kier molecular flexibility index (Phi) is 12.6. The molecule has 0 fully saturated rings. The van der Waals surface area contributed by atoms with Gasteiger partial charge in [0, 0.05) is 29.5 Å². The SMILES string of the molecule is Cc1cc(N=N[c-]2c(C)nn(-c3ccccc3)c2=O)c(O)cc1S(N)(=O)=O.Cc1cc(N=N[c-]2c(C)nn(-c3ccccc3)c2=O)c(O)cc1S(N)(=O)=O.[Cr].[H+].